The van der Waals surface area contributed by atoms with Crippen LogP contribution in [0.25, 0.3) is 0 Å². The number of carbonyl (C=O) groups is 1. The van der Waals surface area contributed by atoms with Crippen molar-refractivity contribution in [3.8, 4) is 5.75 Å². The summed E-state index contributed by atoms with van der Waals surface area (Å²) in [6, 6.07) is 7.77. The van der Waals surface area contributed by atoms with Gasteiger partial charge in [0.2, 0.25) is 5.91 Å². The normalized spacial score (nSPS) is 9.73. The molecule has 0 aliphatic heterocycles. The molecule has 0 unspecified atom stereocenters. The van der Waals surface area contributed by atoms with Crippen LogP contribution in [0.3, 0.4) is 0 Å². The van der Waals surface area contributed by atoms with Crippen molar-refractivity contribution in [1.82, 2.24) is 5.43 Å². The molecule has 0 aromatic heterocycles. The number of halogens is 1. The lowest BCUT2D eigenvalue weighted by Gasteiger charge is -2.05. The summed E-state index contributed by atoms with van der Waals surface area (Å²) in [5, 5.41) is 0. The first kappa shape index (κ1) is 12.3. The monoisotopic (exact) mass is 320 g/mol. The number of nitrogens with one attached hydrogen (secondary N) is 1. The molecule has 4 nitrogen and oxygen atoms in total. The van der Waals surface area contributed by atoms with Crippen molar-refractivity contribution in [2.45, 2.75) is 12.8 Å². The zero-order chi connectivity index (χ0) is 11.1. The van der Waals surface area contributed by atoms with Gasteiger partial charge in [-0.05, 0) is 47.2 Å². The summed E-state index contributed by atoms with van der Waals surface area (Å²) >= 11 is 2.22. The lowest BCUT2D eigenvalue weighted by molar-refractivity contribution is -0.121. The Kier molecular flexibility index (Phi) is 5.41. The zero-order valence-electron chi connectivity index (χ0n) is 8.20. The Labute approximate surface area is 102 Å². The van der Waals surface area contributed by atoms with E-state index in [1.165, 1.54) is 0 Å². The van der Waals surface area contributed by atoms with Crippen LogP contribution in [0.15, 0.2) is 24.3 Å². The molecular formula is C10H13IN2O2. The largest absolute Gasteiger partial charge is 0.494 e. The molecule has 0 bridgehead atoms. The number of hydrogen-bond donors (Lipinski definition) is 2. The van der Waals surface area contributed by atoms with Crippen LogP contribution in [-0.4, -0.2) is 12.5 Å². The van der Waals surface area contributed by atoms with Gasteiger partial charge >= 0.3 is 0 Å². The van der Waals surface area contributed by atoms with E-state index in [0.717, 1.165) is 9.32 Å². The SMILES string of the molecule is NNC(=O)CCCOc1cccc(I)c1. The molecule has 0 saturated carbocycles. The Morgan fingerprint density at radius 2 is 2.33 bits per heavy atom. The Hall–Kier alpha value is -0.820. The molecule has 0 atom stereocenters. The predicted molar refractivity (Wildman–Crippen MR) is 66.2 cm³/mol. The van der Waals surface area contributed by atoms with Crippen LogP contribution < -0.4 is 16.0 Å². The van der Waals surface area contributed by atoms with Crippen LogP contribution in [0.2, 0.25) is 0 Å². The number of carbonyl (C=O) groups excluding carboxylic acids is 1. The Morgan fingerprint density at radius 1 is 1.53 bits per heavy atom. The summed E-state index contributed by atoms with van der Waals surface area (Å²) < 4.78 is 6.59. The van der Waals surface area contributed by atoms with E-state index in [2.05, 4.69) is 28.0 Å². The predicted octanol–water partition coefficient (Wildman–Crippen LogP) is 1.44. The third-order valence-electron chi connectivity index (χ3n) is 1.77. The molecule has 1 rings (SSSR count). The van der Waals surface area contributed by atoms with E-state index in [4.69, 9.17) is 10.6 Å². The minimum Gasteiger partial charge on any atom is -0.494 e. The number of hydrazine groups is 1. The van der Waals surface area contributed by atoms with Gasteiger partial charge in [0.05, 0.1) is 6.61 Å². The summed E-state index contributed by atoms with van der Waals surface area (Å²) in [6.07, 6.45) is 1.05. The third-order valence-corrected chi connectivity index (χ3v) is 2.44. The Morgan fingerprint density at radius 3 is 3.00 bits per heavy atom. The molecule has 0 aliphatic rings. The fourth-order valence-electron chi connectivity index (χ4n) is 1.05. The summed E-state index contributed by atoms with van der Waals surface area (Å²) in [5.41, 5.74) is 2.08. The van der Waals surface area contributed by atoms with E-state index in [9.17, 15) is 4.79 Å². The Balaban J connectivity index is 2.23. The maximum absolute atomic E-state index is 10.8. The Bertz CT molecular complexity index is 331. The van der Waals surface area contributed by atoms with E-state index in [-0.39, 0.29) is 5.91 Å². The van der Waals surface area contributed by atoms with E-state index in [1.54, 1.807) is 0 Å². The second kappa shape index (κ2) is 6.62. The van der Waals surface area contributed by atoms with Gasteiger partial charge in [0, 0.05) is 9.99 Å². The second-order valence-electron chi connectivity index (χ2n) is 2.98. The van der Waals surface area contributed by atoms with Crippen molar-refractivity contribution in [1.29, 1.82) is 0 Å². The first-order chi connectivity index (χ1) is 7.22. The summed E-state index contributed by atoms with van der Waals surface area (Å²) in [5.74, 6) is 5.61. The van der Waals surface area contributed by atoms with Crippen molar-refractivity contribution in [3.63, 3.8) is 0 Å². The van der Waals surface area contributed by atoms with Crippen LogP contribution in [0.5, 0.6) is 5.75 Å². The summed E-state index contributed by atoms with van der Waals surface area (Å²) in [6.45, 7) is 0.521. The molecule has 3 N–H and O–H groups in total. The van der Waals surface area contributed by atoms with Crippen LogP contribution in [0.1, 0.15) is 12.8 Å². The maximum Gasteiger partial charge on any atom is 0.234 e. The van der Waals surface area contributed by atoms with Crippen molar-refractivity contribution < 1.29 is 9.53 Å². The highest BCUT2D eigenvalue weighted by Gasteiger charge is 1.98. The molecule has 15 heavy (non-hydrogen) atoms. The molecule has 0 spiro atoms. The van der Waals surface area contributed by atoms with Gasteiger partial charge in [0.15, 0.2) is 0 Å². The zero-order valence-corrected chi connectivity index (χ0v) is 10.4. The van der Waals surface area contributed by atoms with Crippen molar-refractivity contribution in [2.75, 3.05) is 6.61 Å². The van der Waals surface area contributed by atoms with Gasteiger partial charge in [0.25, 0.3) is 0 Å². The molecule has 5 heteroatoms. The van der Waals surface area contributed by atoms with Gasteiger partial charge in [0.1, 0.15) is 5.75 Å². The molecule has 0 heterocycles. The standard InChI is InChI=1S/C10H13IN2O2/c11-8-3-1-4-9(7-8)15-6-2-5-10(14)13-12/h1,3-4,7H,2,5-6,12H2,(H,13,14). The highest BCUT2D eigenvalue weighted by Crippen LogP contribution is 2.14. The van der Waals surface area contributed by atoms with Gasteiger partial charge in [-0.1, -0.05) is 6.07 Å². The number of rotatable bonds is 5. The topological polar surface area (TPSA) is 64.3 Å². The maximum atomic E-state index is 10.8. The van der Waals surface area contributed by atoms with Crippen LogP contribution in [0, 0.1) is 3.57 Å². The molecular weight excluding hydrogens is 307 g/mol. The highest BCUT2D eigenvalue weighted by atomic mass is 127. The molecule has 1 aromatic carbocycles. The molecule has 0 radical (unpaired) electrons. The highest BCUT2D eigenvalue weighted by molar-refractivity contribution is 14.1. The van der Waals surface area contributed by atoms with E-state index < -0.39 is 0 Å². The van der Waals surface area contributed by atoms with E-state index in [0.29, 0.717) is 19.4 Å². The van der Waals surface area contributed by atoms with Gasteiger partial charge in [-0.3, -0.25) is 10.2 Å². The number of nitrogens with two attached hydrogens (primary N) is 1. The van der Waals surface area contributed by atoms with Crippen LogP contribution in [0.4, 0.5) is 0 Å². The van der Waals surface area contributed by atoms with Gasteiger partial charge < -0.3 is 4.74 Å². The summed E-state index contributed by atoms with van der Waals surface area (Å²) in [4.78, 5) is 10.8. The van der Waals surface area contributed by atoms with Crippen LogP contribution in [-0.2, 0) is 4.79 Å². The quantitative estimate of drug-likeness (QED) is 0.284. The molecule has 0 saturated heterocycles. The summed E-state index contributed by atoms with van der Waals surface area (Å²) in [7, 11) is 0. The fourth-order valence-corrected chi connectivity index (χ4v) is 1.57. The first-order valence-electron chi connectivity index (χ1n) is 4.60. The van der Waals surface area contributed by atoms with Crippen molar-refractivity contribution in [2.24, 2.45) is 5.84 Å². The molecule has 82 valence electrons. The minimum absolute atomic E-state index is 0.166. The van der Waals surface area contributed by atoms with Crippen LogP contribution >= 0.6 is 22.6 Å². The number of benzene rings is 1. The molecule has 1 amide bonds. The average molecular weight is 320 g/mol. The lowest BCUT2D eigenvalue weighted by atomic mass is 10.3. The fraction of sp³-hybridized carbons (Fsp3) is 0.300. The van der Waals surface area contributed by atoms with Crippen molar-refractivity contribution >= 4 is 28.5 Å². The smallest absolute Gasteiger partial charge is 0.234 e. The van der Waals surface area contributed by atoms with Gasteiger partial charge in [-0.25, -0.2) is 5.84 Å². The number of hydrogen-bond acceptors (Lipinski definition) is 3. The van der Waals surface area contributed by atoms with E-state index >= 15 is 0 Å². The number of ether oxygens (including phenoxy) is 1. The van der Waals surface area contributed by atoms with Gasteiger partial charge in [-0.15, -0.1) is 0 Å². The number of amides is 1. The minimum atomic E-state index is -0.166. The van der Waals surface area contributed by atoms with Crippen molar-refractivity contribution in [3.05, 3.63) is 27.8 Å². The molecule has 0 aliphatic carbocycles. The van der Waals surface area contributed by atoms with E-state index in [1.807, 2.05) is 24.3 Å². The van der Waals surface area contributed by atoms with Gasteiger partial charge in [-0.2, -0.15) is 0 Å². The third kappa shape index (κ3) is 4.98. The second-order valence-corrected chi connectivity index (χ2v) is 4.22. The average Bonchev–Trinajstić information content (AvgIpc) is 2.24. The molecule has 1 aromatic rings. The lowest BCUT2D eigenvalue weighted by Crippen LogP contribution is -2.29. The molecule has 0 fully saturated rings. The first-order valence-corrected chi connectivity index (χ1v) is 5.68.